The van der Waals surface area contributed by atoms with Crippen molar-refractivity contribution in [3.8, 4) is 0 Å². The van der Waals surface area contributed by atoms with Crippen LogP contribution in [0, 0.1) is 23.7 Å². The van der Waals surface area contributed by atoms with E-state index in [1.54, 1.807) is 38.0 Å². The quantitative estimate of drug-likeness (QED) is 0.0855. The summed E-state index contributed by atoms with van der Waals surface area (Å²) in [4.78, 5) is 74.4. The Morgan fingerprint density at radius 3 is 2.05 bits per heavy atom. The molecule has 2 rings (SSSR count). The third kappa shape index (κ3) is 15.6. The first-order valence-corrected chi connectivity index (χ1v) is 25.7. The second-order valence-electron chi connectivity index (χ2n) is 18.5. The van der Waals surface area contributed by atoms with Gasteiger partial charge in [0, 0.05) is 43.2 Å². The molecule has 15 heteroatoms. The lowest BCUT2D eigenvalue weighted by molar-refractivity contribution is -0.148. The normalized spacial score (nSPS) is 18.8. The number of likely N-dealkylation sites (N-methyl/N-ethyl adjacent to an activating group) is 2. The minimum atomic E-state index is -0.772. The number of alkyl carbamates (subject to hydrolysis) is 1. The van der Waals surface area contributed by atoms with Crippen molar-refractivity contribution in [1.82, 2.24) is 30.7 Å². The van der Waals surface area contributed by atoms with Crippen molar-refractivity contribution in [1.29, 1.82) is 0 Å². The molecule has 1 fully saturated rings. The third-order valence-electron chi connectivity index (χ3n) is 12.4. The smallest absolute Gasteiger partial charge is 0.407 e. The Bertz CT molecular complexity index is 1510. The Morgan fingerprint density at radius 2 is 1.52 bits per heavy atom. The van der Waals surface area contributed by atoms with Crippen LogP contribution >= 0.6 is 0 Å². The minimum Gasteiger partial charge on any atom is -0.439 e. The van der Waals surface area contributed by atoms with Crippen molar-refractivity contribution in [2.45, 2.75) is 155 Å². The van der Waals surface area contributed by atoms with Gasteiger partial charge in [-0.05, 0) is 63.6 Å². The summed E-state index contributed by atoms with van der Waals surface area (Å²) in [5.41, 5.74) is 0.757. The molecular formula is C46H82N6O8Si. The average Bonchev–Trinajstić information content (AvgIpc) is 3.69. The highest BCUT2D eigenvalue weighted by molar-refractivity contribution is 6.55. The van der Waals surface area contributed by atoms with Crippen LogP contribution in [0.25, 0.3) is 0 Å². The lowest BCUT2D eigenvalue weighted by Gasteiger charge is -2.41. The van der Waals surface area contributed by atoms with E-state index in [1.807, 2.05) is 97.8 Å². The molecule has 1 heterocycles. The summed E-state index contributed by atoms with van der Waals surface area (Å²) >= 11 is 0. The van der Waals surface area contributed by atoms with Gasteiger partial charge < -0.3 is 40.0 Å². The summed E-state index contributed by atoms with van der Waals surface area (Å²) in [7, 11) is 7.85. The molecule has 0 aliphatic carbocycles. The maximum Gasteiger partial charge on any atom is 0.407 e. The highest BCUT2D eigenvalue weighted by Gasteiger charge is 2.43. The zero-order chi connectivity index (χ0) is 46.1. The van der Waals surface area contributed by atoms with E-state index in [0.29, 0.717) is 19.5 Å². The van der Waals surface area contributed by atoms with Crippen molar-refractivity contribution in [3.05, 3.63) is 35.9 Å². The molecule has 0 saturated carbocycles. The van der Waals surface area contributed by atoms with Gasteiger partial charge >= 0.3 is 6.09 Å². The molecule has 1 aliphatic heterocycles. The van der Waals surface area contributed by atoms with Gasteiger partial charge in [-0.3, -0.25) is 24.1 Å². The Kier molecular flexibility index (Phi) is 23.0. The number of ether oxygens (including phenoxy) is 3. The number of likely N-dealkylation sites (tertiary alicyclic amines) is 1. The number of amides is 5. The van der Waals surface area contributed by atoms with Crippen LogP contribution in [0.15, 0.2) is 30.3 Å². The van der Waals surface area contributed by atoms with Crippen LogP contribution in [0.1, 0.15) is 99.2 Å². The van der Waals surface area contributed by atoms with E-state index in [1.165, 1.54) is 0 Å². The SMILES string of the molecule is CC[C@H](C)[C@@H]([C@@H](CC(=O)N1CCC[C@H]1[C@H](OC)[C@@H](C)C(=O)N[C@H](C)[C@@H](OC(=O)NCCC[SiH](C)C)c1ccccc1)OC)N(C)C(=O)[C@@H](NC(=O)[C@H](C(C)C)N(C)C)C(C)C. The minimum absolute atomic E-state index is 0.0139. The van der Waals surface area contributed by atoms with Crippen LogP contribution in [-0.2, 0) is 33.4 Å². The molecule has 348 valence electrons. The van der Waals surface area contributed by atoms with Crippen molar-refractivity contribution >= 4 is 38.5 Å². The molecular weight excluding hydrogens is 793 g/mol. The fraction of sp³-hybridized carbons (Fsp3) is 0.761. The first-order valence-electron chi connectivity index (χ1n) is 22.6. The number of carbonyl (C=O) groups excluding carboxylic acids is 5. The van der Waals surface area contributed by atoms with Crippen LogP contribution in [0.2, 0.25) is 19.1 Å². The summed E-state index contributed by atoms with van der Waals surface area (Å²) < 4.78 is 18.0. The molecule has 0 aromatic heterocycles. The molecule has 1 aromatic rings. The van der Waals surface area contributed by atoms with Crippen molar-refractivity contribution in [2.24, 2.45) is 23.7 Å². The highest BCUT2D eigenvalue weighted by Crippen LogP contribution is 2.30. The summed E-state index contributed by atoms with van der Waals surface area (Å²) in [6.07, 6.45) is 0.503. The largest absolute Gasteiger partial charge is 0.439 e. The van der Waals surface area contributed by atoms with Gasteiger partial charge in [0.25, 0.3) is 0 Å². The summed E-state index contributed by atoms with van der Waals surface area (Å²) in [6, 6.07) is 7.90. The predicted molar refractivity (Wildman–Crippen MR) is 245 cm³/mol. The summed E-state index contributed by atoms with van der Waals surface area (Å²) in [6.45, 7) is 21.1. The maximum atomic E-state index is 14.4. The van der Waals surface area contributed by atoms with E-state index in [2.05, 4.69) is 29.0 Å². The molecule has 3 N–H and O–H groups in total. The number of nitrogens with one attached hydrogen (secondary N) is 3. The van der Waals surface area contributed by atoms with E-state index in [0.717, 1.165) is 30.9 Å². The molecule has 0 unspecified atom stereocenters. The van der Waals surface area contributed by atoms with E-state index in [-0.39, 0.29) is 53.8 Å². The molecule has 10 atom stereocenters. The van der Waals surface area contributed by atoms with Gasteiger partial charge in [0.2, 0.25) is 23.6 Å². The van der Waals surface area contributed by atoms with Gasteiger partial charge in [-0.2, -0.15) is 0 Å². The molecule has 14 nitrogen and oxygen atoms in total. The zero-order valence-electron chi connectivity index (χ0n) is 40.2. The summed E-state index contributed by atoms with van der Waals surface area (Å²) in [5, 5.41) is 9.00. The van der Waals surface area contributed by atoms with Crippen molar-refractivity contribution < 1.29 is 38.2 Å². The molecule has 1 aliphatic rings. The van der Waals surface area contributed by atoms with Gasteiger partial charge in [0.05, 0.1) is 48.7 Å². The van der Waals surface area contributed by atoms with Gasteiger partial charge in [0.1, 0.15) is 12.1 Å². The topological polar surface area (TPSA) is 159 Å². The Hall–Kier alpha value is -3.53. The van der Waals surface area contributed by atoms with Crippen molar-refractivity contribution in [2.75, 3.05) is 48.5 Å². The Morgan fingerprint density at radius 1 is 0.885 bits per heavy atom. The van der Waals surface area contributed by atoms with Crippen LogP contribution in [-0.4, -0.2) is 144 Å². The molecule has 1 saturated heterocycles. The average molecular weight is 875 g/mol. The van der Waals surface area contributed by atoms with Gasteiger partial charge in [0.15, 0.2) is 0 Å². The van der Waals surface area contributed by atoms with Gasteiger partial charge in [-0.15, -0.1) is 0 Å². The third-order valence-corrected chi connectivity index (χ3v) is 13.9. The number of hydrogen-bond donors (Lipinski definition) is 3. The maximum absolute atomic E-state index is 14.4. The molecule has 0 bridgehead atoms. The second-order valence-corrected chi connectivity index (χ2v) is 21.8. The molecule has 5 amide bonds. The second kappa shape index (κ2) is 26.2. The van der Waals surface area contributed by atoms with Crippen molar-refractivity contribution in [3.63, 3.8) is 0 Å². The van der Waals surface area contributed by atoms with Crippen LogP contribution in [0.3, 0.4) is 0 Å². The first-order chi connectivity index (χ1) is 28.7. The number of hydrogen-bond acceptors (Lipinski definition) is 9. The number of carbonyl (C=O) groups is 5. The Balaban J connectivity index is 2.26. The van der Waals surface area contributed by atoms with Crippen LogP contribution in [0.5, 0.6) is 0 Å². The van der Waals surface area contributed by atoms with Gasteiger partial charge in [-0.1, -0.05) is 104 Å². The Labute approximate surface area is 369 Å². The van der Waals surface area contributed by atoms with Crippen LogP contribution < -0.4 is 16.0 Å². The predicted octanol–water partition coefficient (Wildman–Crippen LogP) is 5.48. The lowest BCUT2D eigenvalue weighted by Crippen LogP contribution is -2.59. The molecule has 0 spiro atoms. The van der Waals surface area contributed by atoms with E-state index in [9.17, 15) is 24.0 Å². The van der Waals surface area contributed by atoms with E-state index >= 15 is 0 Å². The number of rotatable bonds is 25. The monoisotopic (exact) mass is 875 g/mol. The molecule has 1 aromatic carbocycles. The fourth-order valence-electron chi connectivity index (χ4n) is 8.80. The fourth-order valence-corrected chi connectivity index (χ4v) is 9.82. The number of benzene rings is 1. The van der Waals surface area contributed by atoms with Gasteiger partial charge in [-0.25, -0.2) is 4.79 Å². The first kappa shape index (κ1) is 53.6. The van der Waals surface area contributed by atoms with E-state index in [4.69, 9.17) is 14.2 Å². The summed E-state index contributed by atoms with van der Waals surface area (Å²) in [5.74, 6) is -1.71. The standard InChI is InChI=1S/C46H82N6O8Si/c1-16-31(6)40(51(11)45(56)38(29(2)3)49-44(55)39(30(4)5)50(9)10)36(58-12)28-37(53)52-26-20-24-35(52)41(59-13)32(7)43(54)48-33(8)42(34-22-18-17-19-23-34)60-46(57)47-25-21-27-61(14)15/h17-19,22-23,29-33,35-36,38-42,61H,16,20-21,24-28H2,1-15H3,(H,47,57)(H,48,54)(H,49,55)/t31-,32+,33+,35-,36+,38-,39-,40-,41+,42+/m0/s1. The molecule has 61 heavy (non-hydrogen) atoms. The molecule has 0 radical (unpaired) electrons. The lowest BCUT2D eigenvalue weighted by atomic mass is 9.89. The zero-order valence-corrected chi connectivity index (χ0v) is 41.3. The number of methoxy groups -OCH3 is 2. The highest BCUT2D eigenvalue weighted by atomic mass is 28.3. The number of nitrogens with zero attached hydrogens (tertiary/aromatic N) is 3. The van der Waals surface area contributed by atoms with E-state index < -0.39 is 63.3 Å². The van der Waals surface area contributed by atoms with Crippen LogP contribution in [0.4, 0.5) is 4.79 Å².